The molecule has 0 saturated carbocycles. The van der Waals surface area contributed by atoms with Crippen LogP contribution in [0.4, 0.5) is 10.6 Å². The molecular weight excluding hydrogens is 663 g/mol. The number of nitrogens with zero attached hydrogens (tertiary/aromatic N) is 3. The molecule has 4 rings (SSSR count). The van der Waals surface area contributed by atoms with Crippen molar-refractivity contribution in [2.45, 2.75) is 89.0 Å². The number of methoxy groups -OCH3 is 2. The molecule has 4 heterocycles. The van der Waals surface area contributed by atoms with E-state index in [2.05, 4.69) is 15.3 Å². The molecule has 5 N–H and O–H groups in total. The number of phosphoric ester groups is 1. The normalized spacial score (nSPS) is 28.5. The molecule has 1 unspecified atom stereocenters. The first kappa shape index (κ1) is 37.4. The first-order valence-electron chi connectivity index (χ1n) is 14.9. The lowest BCUT2D eigenvalue weighted by molar-refractivity contribution is -0.0806. The number of hydrogen-bond donors (Lipinski definition) is 4. The Kier molecular flexibility index (Phi) is 12.3. The minimum absolute atomic E-state index is 0.00296. The molecule has 21 heteroatoms. The lowest BCUT2D eigenvalue weighted by Gasteiger charge is -2.26. The number of alkyl carbamates (subject to hydrolysis) is 1. The Morgan fingerprint density at radius 2 is 1.62 bits per heavy atom. The number of aromatic nitrogens is 4. The summed E-state index contributed by atoms with van der Waals surface area (Å²) in [7, 11) is -2.11. The quantitative estimate of drug-likeness (QED) is 0.183. The summed E-state index contributed by atoms with van der Waals surface area (Å²) in [5.41, 5.74) is 3.40. The highest BCUT2D eigenvalue weighted by Gasteiger charge is 2.52. The fraction of sp³-hybridized carbons (Fsp3) is 0.667. The van der Waals surface area contributed by atoms with Crippen LogP contribution in [0.5, 0.6) is 0 Å². The smallest absolute Gasteiger partial charge is 0.440 e. The Hall–Kier alpha value is -3.46. The van der Waals surface area contributed by atoms with Crippen molar-refractivity contribution in [2.75, 3.05) is 33.1 Å². The zero-order valence-electron chi connectivity index (χ0n) is 27.1. The van der Waals surface area contributed by atoms with Gasteiger partial charge in [-0.15, -0.1) is 0 Å². The van der Waals surface area contributed by atoms with Gasteiger partial charge in [-0.05, 0) is 33.8 Å². The van der Waals surface area contributed by atoms with E-state index >= 15 is 0 Å². The van der Waals surface area contributed by atoms with Gasteiger partial charge in [0.25, 0.3) is 5.56 Å². The van der Waals surface area contributed by atoms with Gasteiger partial charge in [0.15, 0.2) is 18.6 Å². The molecule has 0 bridgehead atoms. The van der Waals surface area contributed by atoms with Crippen LogP contribution in [0, 0.1) is 0 Å². The molecule has 0 aliphatic carbocycles. The highest BCUT2D eigenvalue weighted by molar-refractivity contribution is 7.47. The summed E-state index contributed by atoms with van der Waals surface area (Å²) in [6.07, 6.45) is -8.48. The van der Waals surface area contributed by atoms with E-state index < -0.39 is 86.0 Å². The van der Waals surface area contributed by atoms with Crippen molar-refractivity contribution in [1.82, 2.24) is 24.4 Å². The number of rotatable bonds is 14. The van der Waals surface area contributed by atoms with E-state index in [4.69, 9.17) is 43.2 Å². The van der Waals surface area contributed by atoms with Crippen LogP contribution >= 0.6 is 7.82 Å². The maximum absolute atomic E-state index is 13.3. The summed E-state index contributed by atoms with van der Waals surface area (Å²) in [5, 5.41) is 2.52. The second-order valence-electron chi connectivity index (χ2n) is 11.4. The molecule has 2 aliphatic heterocycles. The van der Waals surface area contributed by atoms with Gasteiger partial charge in [0.1, 0.15) is 36.3 Å². The number of nitrogens with one attached hydrogen (secondary N) is 2. The second kappa shape index (κ2) is 15.8. The van der Waals surface area contributed by atoms with Crippen molar-refractivity contribution < 1.29 is 51.7 Å². The number of amides is 1. The predicted octanol–water partition coefficient (Wildman–Crippen LogP) is -0.369. The monoisotopic (exact) mass is 704 g/mol. The number of aromatic amines is 1. The number of anilines is 1. The van der Waals surface area contributed by atoms with Crippen LogP contribution in [0.25, 0.3) is 0 Å². The largest absolute Gasteiger partial charge is 0.472 e. The molecular formula is C27H41N6O14P. The van der Waals surface area contributed by atoms with Crippen LogP contribution < -0.4 is 28.0 Å². The average Bonchev–Trinajstić information content (AvgIpc) is 3.50. The van der Waals surface area contributed by atoms with E-state index in [9.17, 15) is 28.6 Å². The Morgan fingerprint density at radius 1 is 1.00 bits per heavy atom. The molecule has 268 valence electrons. The molecule has 0 radical (unpaired) electrons. The van der Waals surface area contributed by atoms with Crippen LogP contribution in [-0.4, -0.2) is 106 Å². The van der Waals surface area contributed by atoms with E-state index in [0.29, 0.717) is 0 Å². The van der Waals surface area contributed by atoms with E-state index in [1.54, 1.807) is 13.8 Å². The SMILES string of the molecule is CO[C@@H]1[C@H](OC(=O)NC[C@H]2O[C@@H](n3ccc(=O)[nH]c3=O)[C@H](OC)[C@@H]2OP(=O)(O)OC(C)C)[C@@H](COC(C)C)O[C@H]1n1ccc(N)nc1=O. The van der Waals surface area contributed by atoms with Crippen LogP contribution in [-0.2, 0) is 42.0 Å². The van der Waals surface area contributed by atoms with Crippen LogP contribution in [0.1, 0.15) is 40.2 Å². The van der Waals surface area contributed by atoms with E-state index in [0.717, 1.165) is 21.4 Å². The van der Waals surface area contributed by atoms with Gasteiger partial charge < -0.3 is 44.4 Å². The van der Waals surface area contributed by atoms with Gasteiger partial charge in [-0.1, -0.05) is 0 Å². The number of nitrogens with two attached hydrogens (primary N) is 1. The fourth-order valence-corrected chi connectivity index (χ4v) is 6.41. The highest BCUT2D eigenvalue weighted by atomic mass is 31.2. The van der Waals surface area contributed by atoms with Gasteiger partial charge in [-0.3, -0.25) is 28.0 Å². The lowest BCUT2D eigenvalue weighted by atomic mass is 10.1. The molecule has 9 atom stereocenters. The minimum atomic E-state index is -4.71. The summed E-state index contributed by atoms with van der Waals surface area (Å²) < 4.78 is 60.1. The van der Waals surface area contributed by atoms with E-state index in [-0.39, 0.29) is 25.1 Å². The van der Waals surface area contributed by atoms with Gasteiger partial charge >= 0.3 is 25.3 Å². The van der Waals surface area contributed by atoms with Crippen molar-refractivity contribution in [2.24, 2.45) is 0 Å². The van der Waals surface area contributed by atoms with Crippen molar-refractivity contribution >= 4 is 19.7 Å². The standard InChI is InChI=1S/C27H41N6O14P/c1-13(2)42-12-16-19(21(40-5)23(44-16)32-9-7-17(28)30-25(32)35)45-27(37)29-11-15-20(47-48(38,39)46-14(3)4)22(41-6)24(43-15)33-10-8-18(34)31-26(33)36/h7-10,13-16,19-24H,11-12H2,1-6H3,(H,29,37)(H,38,39)(H2,28,30,35)(H,31,34,36)/t15-,16-,19-,20-,21-,22-,23-,24-/m1/s1. The van der Waals surface area contributed by atoms with Gasteiger partial charge in [0.2, 0.25) is 0 Å². The van der Waals surface area contributed by atoms with Crippen molar-refractivity contribution in [3.8, 4) is 0 Å². The second-order valence-corrected chi connectivity index (χ2v) is 12.8. The van der Waals surface area contributed by atoms with E-state index in [1.165, 1.54) is 40.3 Å². The number of carbonyl (C=O) groups excluding carboxylic acids is 1. The zero-order chi connectivity index (χ0) is 35.3. The molecule has 48 heavy (non-hydrogen) atoms. The topological polar surface area (TPSA) is 256 Å². The van der Waals surface area contributed by atoms with Gasteiger partial charge in [-0.25, -0.2) is 18.9 Å². The maximum Gasteiger partial charge on any atom is 0.472 e. The Balaban J connectivity index is 1.55. The number of phosphoric acid groups is 1. The number of nitrogen functional groups attached to an aromatic ring is 1. The molecule has 0 aromatic carbocycles. The Labute approximate surface area is 273 Å². The summed E-state index contributed by atoms with van der Waals surface area (Å²) >= 11 is 0. The molecule has 2 fully saturated rings. The summed E-state index contributed by atoms with van der Waals surface area (Å²) in [5.74, 6) is 0.00296. The maximum atomic E-state index is 13.3. The number of hydrogen-bond acceptors (Lipinski definition) is 15. The summed E-state index contributed by atoms with van der Waals surface area (Å²) in [4.78, 5) is 66.3. The number of ether oxygens (including phenoxy) is 6. The molecule has 1 amide bonds. The van der Waals surface area contributed by atoms with E-state index in [1.807, 2.05) is 0 Å². The molecule has 2 aromatic heterocycles. The first-order valence-corrected chi connectivity index (χ1v) is 16.4. The summed E-state index contributed by atoms with van der Waals surface area (Å²) in [6, 6.07) is 2.48. The third kappa shape index (κ3) is 8.95. The third-order valence-electron chi connectivity index (χ3n) is 7.25. The number of H-pyrrole nitrogens is 1. The molecule has 2 aliphatic rings. The van der Waals surface area contributed by atoms with Crippen molar-refractivity contribution in [1.29, 1.82) is 0 Å². The average molecular weight is 705 g/mol. The van der Waals surface area contributed by atoms with Crippen LogP contribution in [0.3, 0.4) is 0 Å². The van der Waals surface area contributed by atoms with Gasteiger partial charge in [0, 0.05) is 39.2 Å². The van der Waals surface area contributed by atoms with Gasteiger partial charge in [-0.2, -0.15) is 4.98 Å². The van der Waals surface area contributed by atoms with Crippen LogP contribution in [0.15, 0.2) is 38.9 Å². The molecule has 2 saturated heterocycles. The lowest BCUT2D eigenvalue weighted by Crippen LogP contribution is -2.46. The van der Waals surface area contributed by atoms with Gasteiger partial charge in [0.05, 0.1) is 18.8 Å². The molecule has 0 spiro atoms. The third-order valence-corrected chi connectivity index (χ3v) is 8.45. The number of carbonyl (C=O) groups is 1. The predicted molar refractivity (Wildman–Crippen MR) is 164 cm³/mol. The Bertz CT molecular complexity index is 1630. The van der Waals surface area contributed by atoms with Crippen molar-refractivity contribution in [3.63, 3.8) is 0 Å². The summed E-state index contributed by atoms with van der Waals surface area (Å²) in [6.45, 7) is 6.23. The molecule has 20 nitrogen and oxygen atoms in total. The zero-order valence-corrected chi connectivity index (χ0v) is 28.0. The van der Waals surface area contributed by atoms with Crippen LogP contribution in [0.2, 0.25) is 0 Å². The van der Waals surface area contributed by atoms with Crippen molar-refractivity contribution in [3.05, 3.63) is 55.8 Å². The Morgan fingerprint density at radius 3 is 2.23 bits per heavy atom. The highest BCUT2D eigenvalue weighted by Crippen LogP contribution is 2.49. The first-order chi connectivity index (χ1) is 22.6. The fourth-order valence-electron chi connectivity index (χ4n) is 5.26. The minimum Gasteiger partial charge on any atom is -0.440 e. The molecule has 2 aromatic rings.